The van der Waals surface area contributed by atoms with Crippen LogP contribution < -0.4 is 20.9 Å². The molecule has 0 atom stereocenters. The molecule has 3 aliphatic heterocycles. The number of halogens is 2. The summed E-state index contributed by atoms with van der Waals surface area (Å²) < 4.78 is 35.9. The molecule has 1 spiro atoms. The first-order valence-electron chi connectivity index (χ1n) is 16.8. The molecule has 0 aliphatic carbocycles. The third-order valence-corrected chi connectivity index (χ3v) is 10.8. The summed E-state index contributed by atoms with van der Waals surface area (Å²) >= 11 is 1.08. The number of hydrogen-bond acceptors (Lipinski definition) is 9. The van der Waals surface area contributed by atoms with Crippen molar-refractivity contribution < 1.29 is 27.9 Å². The average Bonchev–Trinajstić information content (AvgIpc) is 3.37. The van der Waals surface area contributed by atoms with Crippen LogP contribution in [-0.4, -0.2) is 66.0 Å². The Bertz CT molecular complexity index is 2150. The molecule has 7 heterocycles. The van der Waals surface area contributed by atoms with Gasteiger partial charge in [0.15, 0.2) is 0 Å². The first kappa shape index (κ1) is 34.8. The fourth-order valence-corrected chi connectivity index (χ4v) is 8.21. The number of primary amides is 1. The summed E-state index contributed by atoms with van der Waals surface area (Å²) in [5, 5.41) is 2.98. The maximum atomic E-state index is 15.8. The van der Waals surface area contributed by atoms with Crippen molar-refractivity contribution in [2.75, 3.05) is 48.0 Å². The number of carbonyl (C=O) groups is 3. The molecule has 0 bridgehead atoms. The minimum absolute atomic E-state index is 0.0468. The van der Waals surface area contributed by atoms with Crippen molar-refractivity contribution >= 4 is 46.8 Å². The molecule has 8 rings (SSSR count). The summed E-state index contributed by atoms with van der Waals surface area (Å²) in [5.41, 5.74) is 8.04. The van der Waals surface area contributed by atoms with Gasteiger partial charge in [-0.25, -0.2) is 13.8 Å². The van der Waals surface area contributed by atoms with Gasteiger partial charge in [-0.1, -0.05) is 0 Å². The zero-order valence-electron chi connectivity index (χ0n) is 28.3. The lowest BCUT2D eigenvalue weighted by Gasteiger charge is -2.53. The van der Waals surface area contributed by atoms with Crippen molar-refractivity contribution in [3.05, 3.63) is 107 Å². The van der Waals surface area contributed by atoms with Gasteiger partial charge in [-0.05, 0) is 86.3 Å². The predicted molar refractivity (Wildman–Crippen MR) is 194 cm³/mol. The van der Waals surface area contributed by atoms with E-state index in [1.165, 1.54) is 18.3 Å². The van der Waals surface area contributed by atoms with Gasteiger partial charge >= 0.3 is 0 Å². The van der Waals surface area contributed by atoms with E-state index in [2.05, 4.69) is 30.9 Å². The molecule has 2 saturated heterocycles. The molecule has 11 nitrogen and oxygen atoms in total. The zero-order valence-corrected chi connectivity index (χ0v) is 29.1. The van der Waals surface area contributed by atoms with Crippen LogP contribution in [0.2, 0.25) is 0 Å². The van der Waals surface area contributed by atoms with E-state index in [4.69, 9.17) is 9.53 Å². The van der Waals surface area contributed by atoms with Crippen LogP contribution in [0.4, 0.5) is 26.0 Å². The fourth-order valence-electron chi connectivity index (χ4n) is 6.97. The number of aryl methyl sites for hydroxylation is 1. The Balaban J connectivity index is 0.00000136. The van der Waals surface area contributed by atoms with Crippen LogP contribution in [0.15, 0.2) is 73.2 Å². The molecule has 0 unspecified atom stereocenters. The van der Waals surface area contributed by atoms with Crippen LogP contribution in [0.5, 0.6) is 0 Å². The van der Waals surface area contributed by atoms with Gasteiger partial charge in [0.2, 0.25) is 6.41 Å². The Morgan fingerprint density at radius 1 is 0.981 bits per heavy atom. The molecular formula is C38H35F2N7O4S. The highest BCUT2D eigenvalue weighted by Gasteiger charge is 2.45. The van der Waals surface area contributed by atoms with E-state index in [-0.39, 0.29) is 47.2 Å². The largest absolute Gasteiger partial charge is 0.381 e. The highest BCUT2D eigenvalue weighted by atomic mass is 32.1. The number of amides is 3. The third-order valence-electron chi connectivity index (χ3n) is 9.58. The van der Waals surface area contributed by atoms with Gasteiger partial charge in [-0.15, -0.1) is 11.3 Å². The number of fused-ring (bicyclic) bond motifs is 3. The van der Waals surface area contributed by atoms with Gasteiger partial charge in [0, 0.05) is 73.7 Å². The van der Waals surface area contributed by atoms with E-state index < -0.39 is 11.6 Å². The van der Waals surface area contributed by atoms with Gasteiger partial charge in [0.25, 0.3) is 11.8 Å². The highest BCUT2D eigenvalue weighted by Crippen LogP contribution is 2.46. The van der Waals surface area contributed by atoms with Crippen LogP contribution >= 0.6 is 11.3 Å². The number of thiophene rings is 1. The standard InChI is InChI=1S/C37H32F2N6O3S.CH3NO/c1-22-18-26(34(42-19-22)44-20-37(21-44)11-16-48-17-12-37)35(46)43-24-8-6-23(7-9-24)36(47)45-15-10-25-29(39)33(30-27(38)4-2-13-40-30)49-32(25)31-28(45)5-3-14-41-31;2-1-3/h2-9,13-14,18-19H,10-12,15-17,20-21H2,1H3,(H,43,46);1H,(H2,2,3). The number of pyridine rings is 3. The van der Waals surface area contributed by atoms with Gasteiger partial charge < -0.3 is 25.6 Å². The number of aromatic nitrogens is 3. The predicted octanol–water partition coefficient (Wildman–Crippen LogP) is 6.03. The molecule has 3 aliphatic rings. The number of nitrogens with zero attached hydrogens (tertiary/aromatic N) is 5. The first-order valence-corrected chi connectivity index (χ1v) is 17.6. The molecule has 52 heavy (non-hydrogen) atoms. The molecule has 4 aromatic heterocycles. The number of rotatable bonds is 5. The van der Waals surface area contributed by atoms with Crippen molar-refractivity contribution in [1.29, 1.82) is 0 Å². The van der Waals surface area contributed by atoms with Crippen molar-refractivity contribution in [2.45, 2.75) is 26.2 Å². The molecule has 14 heteroatoms. The molecule has 3 N–H and O–H groups in total. The van der Waals surface area contributed by atoms with Crippen LogP contribution in [0.3, 0.4) is 0 Å². The molecule has 266 valence electrons. The topological polar surface area (TPSA) is 144 Å². The van der Waals surface area contributed by atoms with E-state index in [9.17, 15) is 14.0 Å². The van der Waals surface area contributed by atoms with Crippen molar-refractivity contribution in [3.8, 4) is 21.1 Å². The highest BCUT2D eigenvalue weighted by molar-refractivity contribution is 7.19. The summed E-state index contributed by atoms with van der Waals surface area (Å²) in [7, 11) is 0. The lowest BCUT2D eigenvalue weighted by Crippen LogP contribution is -2.59. The number of carbonyl (C=O) groups excluding carboxylic acids is 3. The smallest absolute Gasteiger partial charge is 0.259 e. The second-order valence-corrected chi connectivity index (χ2v) is 14.0. The fraction of sp³-hybridized carbons (Fsp3) is 0.263. The van der Waals surface area contributed by atoms with Gasteiger partial charge in [0.05, 0.1) is 21.0 Å². The number of ether oxygens (including phenoxy) is 1. The summed E-state index contributed by atoms with van der Waals surface area (Å²) in [5.74, 6) is -1.05. The van der Waals surface area contributed by atoms with E-state index in [1.807, 2.05) is 13.0 Å². The molecule has 0 radical (unpaired) electrons. The Morgan fingerprint density at radius 3 is 2.38 bits per heavy atom. The van der Waals surface area contributed by atoms with Crippen molar-refractivity contribution in [2.24, 2.45) is 11.1 Å². The number of benzene rings is 1. The van der Waals surface area contributed by atoms with Gasteiger partial charge in [0.1, 0.15) is 28.8 Å². The van der Waals surface area contributed by atoms with Crippen LogP contribution in [0.1, 0.15) is 44.7 Å². The molecule has 0 saturated carbocycles. The van der Waals surface area contributed by atoms with Crippen LogP contribution in [0, 0.1) is 24.0 Å². The maximum absolute atomic E-state index is 15.8. The first-order chi connectivity index (χ1) is 25.2. The van der Waals surface area contributed by atoms with E-state index in [0.717, 1.165) is 56.0 Å². The monoisotopic (exact) mass is 723 g/mol. The zero-order chi connectivity index (χ0) is 36.4. The lowest BCUT2D eigenvalue weighted by atomic mass is 9.73. The van der Waals surface area contributed by atoms with Gasteiger partial charge in [-0.3, -0.25) is 24.4 Å². The van der Waals surface area contributed by atoms with E-state index in [0.29, 0.717) is 44.5 Å². The Hall–Kier alpha value is -5.60. The summed E-state index contributed by atoms with van der Waals surface area (Å²) in [6.45, 7) is 5.34. The number of anilines is 3. The van der Waals surface area contributed by atoms with Crippen molar-refractivity contribution in [3.63, 3.8) is 0 Å². The lowest BCUT2D eigenvalue weighted by molar-refractivity contribution is -0.106. The van der Waals surface area contributed by atoms with E-state index >= 15 is 4.39 Å². The normalized spacial score (nSPS) is 15.7. The quantitative estimate of drug-likeness (QED) is 0.210. The average molecular weight is 724 g/mol. The maximum Gasteiger partial charge on any atom is 0.259 e. The number of hydrogen-bond donors (Lipinski definition) is 2. The number of nitrogens with one attached hydrogen (secondary N) is 1. The SMILES string of the molecule is Cc1cnc(N2CC3(CCOCC3)C2)c(C(=O)Nc2ccc(C(=O)N3CCc4c(sc(-c5ncccc5F)c4F)-c4ncccc43)cc2)c1.NC=O. The third kappa shape index (κ3) is 6.62. The second kappa shape index (κ2) is 14.6. The van der Waals surface area contributed by atoms with E-state index in [1.54, 1.807) is 53.7 Å². The number of nitrogens with two attached hydrogens (primary N) is 1. The summed E-state index contributed by atoms with van der Waals surface area (Å²) in [4.78, 5) is 53.7. The minimum atomic E-state index is -0.605. The molecule has 2 fully saturated rings. The second-order valence-electron chi connectivity index (χ2n) is 13.0. The summed E-state index contributed by atoms with van der Waals surface area (Å²) in [6, 6.07) is 14.8. The molecular weight excluding hydrogens is 689 g/mol. The van der Waals surface area contributed by atoms with Gasteiger partial charge in [-0.2, -0.15) is 0 Å². The summed E-state index contributed by atoms with van der Waals surface area (Å²) in [6.07, 6.45) is 7.29. The Morgan fingerprint density at radius 2 is 1.67 bits per heavy atom. The Kier molecular flexibility index (Phi) is 9.75. The minimum Gasteiger partial charge on any atom is -0.381 e. The molecule has 3 amide bonds. The van der Waals surface area contributed by atoms with Crippen LogP contribution in [-0.2, 0) is 16.0 Å². The van der Waals surface area contributed by atoms with Crippen LogP contribution in [0.25, 0.3) is 21.1 Å². The van der Waals surface area contributed by atoms with Crippen molar-refractivity contribution in [1.82, 2.24) is 15.0 Å². The molecule has 1 aromatic carbocycles. The Labute approximate surface area is 302 Å². The molecule has 5 aromatic rings.